The van der Waals surface area contributed by atoms with Gasteiger partial charge >= 0.3 is 0 Å². The molecule has 0 radical (unpaired) electrons. The van der Waals surface area contributed by atoms with Crippen molar-refractivity contribution in [1.29, 1.82) is 0 Å². The van der Waals surface area contributed by atoms with Crippen molar-refractivity contribution in [3.8, 4) is 0 Å². The van der Waals surface area contributed by atoms with E-state index in [-0.39, 0.29) is 0 Å². The fourth-order valence-electron chi connectivity index (χ4n) is 2.15. The van der Waals surface area contributed by atoms with E-state index in [4.69, 9.17) is 0 Å². The molecule has 18 heavy (non-hydrogen) atoms. The molecule has 100 valence electrons. The second-order valence-corrected chi connectivity index (χ2v) is 5.59. The van der Waals surface area contributed by atoms with Crippen LogP contribution in [-0.2, 0) is 6.54 Å². The summed E-state index contributed by atoms with van der Waals surface area (Å²) in [5.74, 6) is 0.686. The number of anilines is 1. The van der Waals surface area contributed by atoms with Crippen molar-refractivity contribution in [3.05, 3.63) is 24.0 Å². The van der Waals surface area contributed by atoms with Gasteiger partial charge < -0.3 is 10.2 Å². The van der Waals surface area contributed by atoms with Crippen molar-refractivity contribution in [1.82, 2.24) is 10.3 Å². The van der Waals surface area contributed by atoms with E-state index in [0.717, 1.165) is 31.4 Å². The van der Waals surface area contributed by atoms with Gasteiger partial charge in [0.25, 0.3) is 0 Å². The van der Waals surface area contributed by atoms with Gasteiger partial charge in [-0.1, -0.05) is 13.8 Å². The van der Waals surface area contributed by atoms with Crippen LogP contribution in [0.1, 0.15) is 39.3 Å². The first-order valence-electron chi connectivity index (χ1n) is 7.12. The van der Waals surface area contributed by atoms with E-state index >= 15 is 0 Å². The standard InChI is InChI=1S/C15H25N3/c1-4-18(11-12(2)3)15-7-8-16-14(9-15)10-17-13-5-6-13/h7-9,12-13,17H,4-6,10-11H2,1-3H3. The molecule has 0 amide bonds. The minimum atomic E-state index is 0.686. The molecule has 0 spiro atoms. The van der Waals surface area contributed by atoms with E-state index in [1.54, 1.807) is 0 Å². The summed E-state index contributed by atoms with van der Waals surface area (Å²) in [6.07, 6.45) is 4.59. The summed E-state index contributed by atoms with van der Waals surface area (Å²) < 4.78 is 0. The topological polar surface area (TPSA) is 28.2 Å². The number of nitrogens with zero attached hydrogens (tertiary/aromatic N) is 2. The summed E-state index contributed by atoms with van der Waals surface area (Å²) in [5, 5.41) is 3.52. The van der Waals surface area contributed by atoms with Crippen molar-refractivity contribution in [3.63, 3.8) is 0 Å². The van der Waals surface area contributed by atoms with Crippen molar-refractivity contribution < 1.29 is 0 Å². The zero-order valence-electron chi connectivity index (χ0n) is 11.8. The van der Waals surface area contributed by atoms with E-state index in [1.165, 1.54) is 18.5 Å². The van der Waals surface area contributed by atoms with Crippen LogP contribution >= 0.6 is 0 Å². The summed E-state index contributed by atoms with van der Waals surface area (Å²) in [7, 11) is 0. The first-order chi connectivity index (χ1) is 8.69. The third-order valence-electron chi connectivity index (χ3n) is 3.28. The fraction of sp³-hybridized carbons (Fsp3) is 0.667. The third-order valence-corrected chi connectivity index (χ3v) is 3.28. The van der Waals surface area contributed by atoms with Gasteiger partial charge in [0.05, 0.1) is 5.69 Å². The van der Waals surface area contributed by atoms with Crippen LogP contribution in [0.15, 0.2) is 18.3 Å². The predicted molar refractivity (Wildman–Crippen MR) is 76.8 cm³/mol. The zero-order chi connectivity index (χ0) is 13.0. The molecule has 0 aromatic carbocycles. The van der Waals surface area contributed by atoms with Crippen molar-refractivity contribution >= 4 is 5.69 Å². The molecule has 1 aliphatic carbocycles. The number of hydrogen-bond acceptors (Lipinski definition) is 3. The number of nitrogens with one attached hydrogen (secondary N) is 1. The molecule has 1 N–H and O–H groups in total. The van der Waals surface area contributed by atoms with Crippen LogP contribution in [0.3, 0.4) is 0 Å². The molecule has 0 aliphatic heterocycles. The lowest BCUT2D eigenvalue weighted by Crippen LogP contribution is -2.27. The Hall–Kier alpha value is -1.09. The number of hydrogen-bond donors (Lipinski definition) is 1. The minimum Gasteiger partial charge on any atom is -0.371 e. The van der Waals surface area contributed by atoms with E-state index in [9.17, 15) is 0 Å². The molecule has 3 heteroatoms. The minimum absolute atomic E-state index is 0.686. The average Bonchev–Trinajstić information content (AvgIpc) is 3.17. The maximum absolute atomic E-state index is 4.45. The Labute approximate surface area is 111 Å². The molecule has 1 aromatic heterocycles. The van der Waals surface area contributed by atoms with Crippen molar-refractivity contribution in [2.75, 3.05) is 18.0 Å². The van der Waals surface area contributed by atoms with Crippen LogP contribution in [0, 0.1) is 5.92 Å². The molecular formula is C15H25N3. The number of rotatable bonds is 7. The Morgan fingerprint density at radius 1 is 1.44 bits per heavy atom. The molecule has 1 aromatic rings. The van der Waals surface area contributed by atoms with E-state index in [1.807, 2.05) is 6.20 Å². The van der Waals surface area contributed by atoms with Gasteiger partial charge in [0, 0.05) is 37.6 Å². The smallest absolute Gasteiger partial charge is 0.0562 e. The van der Waals surface area contributed by atoms with Gasteiger partial charge in [-0.05, 0) is 37.8 Å². The van der Waals surface area contributed by atoms with Crippen LogP contribution in [0.2, 0.25) is 0 Å². The highest BCUT2D eigenvalue weighted by atomic mass is 15.1. The average molecular weight is 247 g/mol. The highest BCUT2D eigenvalue weighted by molar-refractivity contribution is 5.46. The van der Waals surface area contributed by atoms with Gasteiger partial charge in [-0.25, -0.2) is 0 Å². The first-order valence-corrected chi connectivity index (χ1v) is 7.12. The lowest BCUT2D eigenvalue weighted by Gasteiger charge is -2.25. The summed E-state index contributed by atoms with van der Waals surface area (Å²) in [6.45, 7) is 9.80. The molecule has 1 fully saturated rings. The van der Waals surface area contributed by atoms with Crippen LogP contribution in [0.5, 0.6) is 0 Å². The van der Waals surface area contributed by atoms with Gasteiger partial charge in [0.1, 0.15) is 0 Å². The lowest BCUT2D eigenvalue weighted by atomic mass is 10.2. The normalized spacial score (nSPS) is 15.1. The molecule has 2 rings (SSSR count). The molecule has 3 nitrogen and oxygen atoms in total. The molecule has 0 bridgehead atoms. The summed E-state index contributed by atoms with van der Waals surface area (Å²) >= 11 is 0. The molecule has 1 saturated carbocycles. The molecule has 0 saturated heterocycles. The maximum atomic E-state index is 4.45. The zero-order valence-corrected chi connectivity index (χ0v) is 11.8. The summed E-state index contributed by atoms with van der Waals surface area (Å²) in [6, 6.07) is 5.08. The van der Waals surface area contributed by atoms with Crippen LogP contribution < -0.4 is 10.2 Å². The van der Waals surface area contributed by atoms with Crippen LogP contribution in [-0.4, -0.2) is 24.1 Å². The number of aromatic nitrogens is 1. The van der Waals surface area contributed by atoms with E-state index in [0.29, 0.717) is 5.92 Å². The quantitative estimate of drug-likeness (QED) is 0.803. The van der Waals surface area contributed by atoms with E-state index in [2.05, 4.69) is 48.1 Å². The molecular weight excluding hydrogens is 222 g/mol. The van der Waals surface area contributed by atoms with E-state index < -0.39 is 0 Å². The Morgan fingerprint density at radius 3 is 2.83 bits per heavy atom. The molecule has 0 unspecified atom stereocenters. The Bertz CT molecular complexity index is 372. The van der Waals surface area contributed by atoms with Gasteiger partial charge in [0.2, 0.25) is 0 Å². The van der Waals surface area contributed by atoms with Gasteiger partial charge in [-0.3, -0.25) is 4.98 Å². The molecule has 0 atom stereocenters. The monoisotopic (exact) mass is 247 g/mol. The van der Waals surface area contributed by atoms with Gasteiger partial charge in [0.15, 0.2) is 0 Å². The first kappa shape index (κ1) is 13.3. The second kappa shape index (κ2) is 6.19. The molecule has 1 aliphatic rings. The largest absolute Gasteiger partial charge is 0.371 e. The van der Waals surface area contributed by atoms with Crippen molar-refractivity contribution in [2.24, 2.45) is 5.92 Å². The SMILES string of the molecule is CCN(CC(C)C)c1ccnc(CNC2CC2)c1. The van der Waals surface area contributed by atoms with Gasteiger partial charge in [-0.15, -0.1) is 0 Å². The molecule has 1 heterocycles. The Kier molecular flexibility index (Phi) is 4.59. The van der Waals surface area contributed by atoms with Crippen molar-refractivity contribution in [2.45, 2.75) is 46.2 Å². The Balaban J connectivity index is 1.99. The van der Waals surface area contributed by atoms with Crippen LogP contribution in [0.4, 0.5) is 5.69 Å². The van der Waals surface area contributed by atoms with Crippen LogP contribution in [0.25, 0.3) is 0 Å². The highest BCUT2D eigenvalue weighted by Crippen LogP contribution is 2.20. The lowest BCUT2D eigenvalue weighted by molar-refractivity contribution is 0.617. The Morgan fingerprint density at radius 2 is 2.22 bits per heavy atom. The maximum Gasteiger partial charge on any atom is 0.0562 e. The fourth-order valence-corrected chi connectivity index (χ4v) is 2.15. The predicted octanol–water partition coefficient (Wildman–Crippen LogP) is 2.82. The highest BCUT2D eigenvalue weighted by Gasteiger charge is 2.20. The third kappa shape index (κ3) is 3.98. The number of pyridine rings is 1. The summed E-state index contributed by atoms with van der Waals surface area (Å²) in [4.78, 5) is 6.87. The second-order valence-electron chi connectivity index (χ2n) is 5.59. The summed E-state index contributed by atoms with van der Waals surface area (Å²) in [5.41, 5.74) is 2.45. The van der Waals surface area contributed by atoms with Gasteiger partial charge in [-0.2, -0.15) is 0 Å².